The number of rotatable bonds is 2. The van der Waals surface area contributed by atoms with Gasteiger partial charge >= 0.3 is 0 Å². The third-order valence-electron chi connectivity index (χ3n) is 1.35. The first-order valence-electron chi connectivity index (χ1n) is 4.19. The first-order chi connectivity index (χ1) is 6.52. The van der Waals surface area contributed by atoms with Crippen LogP contribution in [0.25, 0.3) is 0 Å². The number of aromatic nitrogens is 1. The van der Waals surface area contributed by atoms with E-state index in [1.807, 2.05) is 13.8 Å². The first-order valence-corrected chi connectivity index (χ1v) is 5.70. The highest BCUT2D eigenvalue weighted by molar-refractivity contribution is 7.90. The van der Waals surface area contributed by atoms with E-state index in [2.05, 4.69) is 4.98 Å². The number of nitrogens with zero attached hydrogens (tertiary/aromatic N) is 2. The van der Waals surface area contributed by atoms with Gasteiger partial charge in [-0.2, -0.15) is 8.42 Å². The molecule has 0 saturated carbocycles. The third kappa shape index (κ3) is 3.71. The molecule has 5 nitrogen and oxygen atoms in total. The fourth-order valence-electron chi connectivity index (χ4n) is 0.670. The highest BCUT2D eigenvalue weighted by Crippen LogP contribution is 2.07. The van der Waals surface area contributed by atoms with Crippen LogP contribution in [-0.2, 0) is 10.2 Å². The average Bonchev–Trinajstić information content (AvgIpc) is 2.20. The van der Waals surface area contributed by atoms with E-state index in [-0.39, 0.29) is 0 Å². The minimum atomic E-state index is -3.69. The molecule has 2 N–H and O–H groups in total. The minimum absolute atomic E-state index is 0.306. The van der Waals surface area contributed by atoms with Gasteiger partial charge in [-0.1, -0.05) is 19.9 Å². The zero-order valence-electron chi connectivity index (χ0n) is 8.51. The topological polar surface area (TPSA) is 76.3 Å². The van der Waals surface area contributed by atoms with Gasteiger partial charge in [0.2, 0.25) is 0 Å². The fraction of sp³-hybridized carbons (Fsp3) is 0.375. The van der Waals surface area contributed by atoms with Crippen molar-refractivity contribution in [1.82, 2.24) is 4.98 Å². The van der Waals surface area contributed by atoms with Gasteiger partial charge in [0.1, 0.15) is 5.82 Å². The van der Waals surface area contributed by atoms with Crippen LogP contribution in [-0.4, -0.2) is 20.4 Å². The molecule has 0 aliphatic heterocycles. The van der Waals surface area contributed by atoms with Crippen LogP contribution in [0.1, 0.15) is 13.8 Å². The van der Waals surface area contributed by atoms with Crippen LogP contribution < -0.4 is 9.44 Å². The van der Waals surface area contributed by atoms with E-state index in [0.717, 1.165) is 4.31 Å². The molecule has 1 aromatic rings. The van der Waals surface area contributed by atoms with Crippen molar-refractivity contribution in [1.29, 1.82) is 0 Å². The zero-order valence-corrected chi connectivity index (χ0v) is 9.32. The summed E-state index contributed by atoms with van der Waals surface area (Å²) in [6.07, 6.45) is 1.50. The maximum absolute atomic E-state index is 10.8. The van der Waals surface area contributed by atoms with Crippen LogP contribution in [0.5, 0.6) is 0 Å². The summed E-state index contributed by atoms with van der Waals surface area (Å²) in [5, 5.41) is 4.87. The quantitative estimate of drug-likeness (QED) is 0.794. The molecule has 0 saturated heterocycles. The number of pyridine rings is 1. The SMILES string of the molecule is CC.CN(c1ccccn1)S(N)(=O)=O. The van der Waals surface area contributed by atoms with Crippen molar-refractivity contribution in [2.75, 3.05) is 11.4 Å². The molecule has 1 rings (SSSR count). The van der Waals surface area contributed by atoms with Gasteiger partial charge in [-0.15, -0.1) is 0 Å². The Bertz CT molecular complexity index is 350. The van der Waals surface area contributed by atoms with Crippen LogP contribution in [0.3, 0.4) is 0 Å². The van der Waals surface area contributed by atoms with Crippen molar-refractivity contribution < 1.29 is 8.42 Å². The second-order valence-electron chi connectivity index (χ2n) is 2.20. The van der Waals surface area contributed by atoms with Gasteiger partial charge in [-0.25, -0.2) is 14.4 Å². The highest BCUT2D eigenvalue weighted by atomic mass is 32.2. The number of anilines is 1. The molecule has 0 spiro atoms. The summed E-state index contributed by atoms with van der Waals surface area (Å²) < 4.78 is 22.5. The maximum Gasteiger partial charge on any atom is 0.299 e. The van der Waals surface area contributed by atoms with E-state index in [4.69, 9.17) is 5.14 Å². The van der Waals surface area contributed by atoms with Crippen molar-refractivity contribution in [2.24, 2.45) is 5.14 Å². The zero-order chi connectivity index (χ0) is 11.2. The molecule has 0 fully saturated rings. The second-order valence-corrected chi connectivity index (χ2v) is 3.78. The van der Waals surface area contributed by atoms with Gasteiger partial charge < -0.3 is 0 Å². The van der Waals surface area contributed by atoms with Crippen LogP contribution >= 0.6 is 0 Å². The Hall–Kier alpha value is -1.14. The standard InChI is InChI=1S/C6H9N3O2S.C2H6/c1-9(12(7,10)11)6-4-2-3-5-8-6;1-2/h2-5H,1H3,(H2,7,10,11);1-2H3. The molecule has 0 aromatic carbocycles. The van der Waals surface area contributed by atoms with Gasteiger partial charge in [0.15, 0.2) is 0 Å². The summed E-state index contributed by atoms with van der Waals surface area (Å²) in [7, 11) is -2.34. The molecule has 80 valence electrons. The largest absolute Gasteiger partial charge is 0.299 e. The molecule has 1 aromatic heterocycles. The molecule has 0 amide bonds. The van der Waals surface area contributed by atoms with E-state index in [1.165, 1.54) is 13.2 Å². The van der Waals surface area contributed by atoms with Crippen molar-refractivity contribution in [3.8, 4) is 0 Å². The molecule has 0 bridgehead atoms. The molecule has 1 heterocycles. The lowest BCUT2D eigenvalue weighted by molar-refractivity contribution is 0.595. The molecule has 0 radical (unpaired) electrons. The Balaban J connectivity index is 0.000000791. The average molecular weight is 217 g/mol. The Morgan fingerprint density at radius 3 is 2.29 bits per heavy atom. The molecular weight excluding hydrogens is 202 g/mol. The summed E-state index contributed by atoms with van der Waals surface area (Å²) in [6, 6.07) is 4.94. The van der Waals surface area contributed by atoms with E-state index in [1.54, 1.807) is 18.2 Å². The first kappa shape index (κ1) is 12.9. The van der Waals surface area contributed by atoms with Crippen molar-refractivity contribution in [2.45, 2.75) is 13.8 Å². The number of hydrogen-bond donors (Lipinski definition) is 1. The van der Waals surface area contributed by atoms with Gasteiger partial charge in [-0.3, -0.25) is 0 Å². The van der Waals surface area contributed by atoms with E-state index >= 15 is 0 Å². The predicted octanol–water partition coefficient (Wildman–Crippen LogP) is 0.748. The lowest BCUT2D eigenvalue weighted by atomic mass is 10.5. The molecule has 6 heteroatoms. The normalized spacial score (nSPS) is 10.0. The highest BCUT2D eigenvalue weighted by Gasteiger charge is 2.12. The van der Waals surface area contributed by atoms with Crippen LogP contribution in [0.4, 0.5) is 5.82 Å². The van der Waals surface area contributed by atoms with Crippen LogP contribution in [0, 0.1) is 0 Å². The predicted molar refractivity (Wildman–Crippen MR) is 57.1 cm³/mol. The molecule has 0 aliphatic carbocycles. The monoisotopic (exact) mass is 217 g/mol. The Morgan fingerprint density at radius 2 is 1.93 bits per heavy atom. The smallest absolute Gasteiger partial charge is 0.244 e. The Morgan fingerprint density at radius 1 is 1.36 bits per heavy atom. The molecule has 0 aliphatic rings. The van der Waals surface area contributed by atoms with Gasteiger partial charge in [0.05, 0.1) is 0 Å². The summed E-state index contributed by atoms with van der Waals surface area (Å²) >= 11 is 0. The van der Waals surface area contributed by atoms with E-state index in [0.29, 0.717) is 5.82 Å². The fourth-order valence-corrected chi connectivity index (χ4v) is 1.04. The van der Waals surface area contributed by atoms with Crippen molar-refractivity contribution >= 4 is 16.0 Å². The molecule has 14 heavy (non-hydrogen) atoms. The number of nitrogens with two attached hydrogens (primary N) is 1. The van der Waals surface area contributed by atoms with Crippen molar-refractivity contribution in [3.63, 3.8) is 0 Å². The summed E-state index contributed by atoms with van der Waals surface area (Å²) in [5.74, 6) is 0.306. The Kier molecular flexibility index (Phi) is 5.11. The second kappa shape index (κ2) is 5.56. The maximum atomic E-state index is 10.8. The van der Waals surface area contributed by atoms with Crippen LogP contribution in [0.2, 0.25) is 0 Å². The van der Waals surface area contributed by atoms with Crippen LogP contribution in [0.15, 0.2) is 24.4 Å². The molecule has 0 unspecified atom stereocenters. The van der Waals surface area contributed by atoms with Gasteiger partial charge in [0, 0.05) is 13.2 Å². The van der Waals surface area contributed by atoms with Crippen molar-refractivity contribution in [3.05, 3.63) is 24.4 Å². The lowest BCUT2D eigenvalue weighted by Crippen LogP contribution is -2.33. The number of hydrogen-bond acceptors (Lipinski definition) is 3. The summed E-state index contributed by atoms with van der Waals surface area (Å²) in [6.45, 7) is 4.00. The van der Waals surface area contributed by atoms with E-state index < -0.39 is 10.2 Å². The van der Waals surface area contributed by atoms with Gasteiger partial charge in [0.25, 0.3) is 10.2 Å². The molecule has 0 atom stereocenters. The van der Waals surface area contributed by atoms with Gasteiger partial charge in [-0.05, 0) is 12.1 Å². The molecular formula is C8H15N3O2S. The third-order valence-corrected chi connectivity index (χ3v) is 2.30. The summed E-state index contributed by atoms with van der Waals surface area (Å²) in [5.41, 5.74) is 0. The minimum Gasteiger partial charge on any atom is -0.244 e. The summed E-state index contributed by atoms with van der Waals surface area (Å²) in [4.78, 5) is 3.81. The lowest BCUT2D eigenvalue weighted by Gasteiger charge is -2.13. The Labute approximate surface area is 84.7 Å². The van der Waals surface area contributed by atoms with E-state index in [9.17, 15) is 8.42 Å².